The molecule has 0 aliphatic carbocycles. The van der Waals surface area contributed by atoms with Gasteiger partial charge in [0.1, 0.15) is 11.4 Å². The molecule has 1 aromatic carbocycles. The Kier molecular flexibility index (Phi) is 6.51. The van der Waals surface area contributed by atoms with Gasteiger partial charge in [0.25, 0.3) is 5.91 Å². The standard InChI is InChI=1S/C20H24N4O3/c1-15(22-23-20(25)18-5-3-4-8-21-18)16-6-7-19(26-2)17(13-16)14-24-9-11-27-12-10-24/h3-8,13H,9-12,14H2,1-2H3,(H,23,25)/b22-15-. The summed E-state index contributed by atoms with van der Waals surface area (Å²) in [5.74, 6) is 0.507. The smallest absolute Gasteiger partial charge is 0.289 e. The van der Waals surface area contributed by atoms with Crippen LogP contribution in [0.2, 0.25) is 0 Å². The minimum absolute atomic E-state index is 0.330. The van der Waals surface area contributed by atoms with Crippen LogP contribution in [-0.4, -0.2) is 54.9 Å². The quantitative estimate of drug-likeness (QED) is 0.624. The topological polar surface area (TPSA) is 76.0 Å². The molecule has 27 heavy (non-hydrogen) atoms. The minimum Gasteiger partial charge on any atom is -0.496 e. The summed E-state index contributed by atoms with van der Waals surface area (Å²) in [5, 5.41) is 4.22. The number of hydrazone groups is 1. The molecule has 0 unspecified atom stereocenters. The molecule has 1 aromatic heterocycles. The van der Waals surface area contributed by atoms with Crippen molar-refractivity contribution in [3.8, 4) is 5.75 Å². The van der Waals surface area contributed by atoms with Crippen LogP contribution in [0.3, 0.4) is 0 Å². The third-order valence-electron chi connectivity index (χ3n) is 4.42. The van der Waals surface area contributed by atoms with Crippen LogP contribution in [0, 0.1) is 0 Å². The Hall–Kier alpha value is -2.77. The molecule has 7 heteroatoms. The molecule has 0 spiro atoms. The Bertz CT molecular complexity index is 802. The molecule has 0 atom stereocenters. The van der Waals surface area contributed by atoms with Crippen molar-refractivity contribution >= 4 is 11.6 Å². The number of morpholine rings is 1. The number of benzene rings is 1. The van der Waals surface area contributed by atoms with Gasteiger partial charge in [-0.1, -0.05) is 6.07 Å². The molecule has 0 bridgehead atoms. The molecule has 1 aliphatic heterocycles. The van der Waals surface area contributed by atoms with Crippen molar-refractivity contribution in [2.75, 3.05) is 33.4 Å². The fourth-order valence-corrected chi connectivity index (χ4v) is 2.88. The van der Waals surface area contributed by atoms with Crippen molar-refractivity contribution in [1.29, 1.82) is 0 Å². The van der Waals surface area contributed by atoms with Crippen molar-refractivity contribution in [2.24, 2.45) is 5.10 Å². The first-order chi connectivity index (χ1) is 13.2. The minimum atomic E-state index is -0.336. The van der Waals surface area contributed by atoms with E-state index >= 15 is 0 Å². The highest BCUT2D eigenvalue weighted by atomic mass is 16.5. The molecule has 1 fully saturated rings. The maximum atomic E-state index is 12.1. The van der Waals surface area contributed by atoms with E-state index < -0.39 is 0 Å². The molecule has 0 saturated carbocycles. The summed E-state index contributed by atoms with van der Waals surface area (Å²) in [4.78, 5) is 18.4. The molecule has 142 valence electrons. The second-order valence-electron chi connectivity index (χ2n) is 6.27. The predicted octanol–water partition coefficient (Wildman–Crippen LogP) is 2.08. The molecular weight excluding hydrogens is 344 g/mol. The van der Waals surface area contributed by atoms with Gasteiger partial charge < -0.3 is 9.47 Å². The van der Waals surface area contributed by atoms with E-state index in [1.165, 1.54) is 0 Å². The highest BCUT2D eigenvalue weighted by Gasteiger charge is 2.14. The number of rotatable bonds is 6. The van der Waals surface area contributed by atoms with Crippen LogP contribution in [0.25, 0.3) is 0 Å². The Morgan fingerprint density at radius 3 is 2.81 bits per heavy atom. The first-order valence-electron chi connectivity index (χ1n) is 8.90. The van der Waals surface area contributed by atoms with Crippen molar-refractivity contribution in [2.45, 2.75) is 13.5 Å². The van der Waals surface area contributed by atoms with Gasteiger partial charge in [-0.05, 0) is 42.8 Å². The maximum Gasteiger partial charge on any atom is 0.289 e. The molecule has 2 heterocycles. The molecule has 3 rings (SSSR count). The maximum absolute atomic E-state index is 12.1. The third kappa shape index (κ3) is 5.12. The summed E-state index contributed by atoms with van der Waals surface area (Å²) >= 11 is 0. The lowest BCUT2D eigenvalue weighted by Crippen LogP contribution is -2.35. The summed E-state index contributed by atoms with van der Waals surface area (Å²) in [5.41, 5.74) is 5.62. The van der Waals surface area contributed by atoms with Crippen LogP contribution >= 0.6 is 0 Å². The van der Waals surface area contributed by atoms with Crippen molar-refractivity contribution in [1.82, 2.24) is 15.3 Å². The summed E-state index contributed by atoms with van der Waals surface area (Å²) < 4.78 is 10.9. The van der Waals surface area contributed by atoms with E-state index in [1.54, 1.807) is 31.5 Å². The van der Waals surface area contributed by atoms with Gasteiger partial charge in [-0.3, -0.25) is 14.7 Å². The normalized spacial score (nSPS) is 15.4. The Morgan fingerprint density at radius 2 is 2.11 bits per heavy atom. The van der Waals surface area contributed by atoms with Gasteiger partial charge in [0, 0.05) is 31.4 Å². The number of hydrogen-bond donors (Lipinski definition) is 1. The van der Waals surface area contributed by atoms with Crippen LogP contribution in [0.15, 0.2) is 47.7 Å². The van der Waals surface area contributed by atoms with E-state index in [-0.39, 0.29) is 5.91 Å². The Labute approximate surface area is 159 Å². The predicted molar refractivity (Wildman–Crippen MR) is 103 cm³/mol. The van der Waals surface area contributed by atoms with E-state index in [2.05, 4.69) is 26.5 Å². The van der Waals surface area contributed by atoms with E-state index in [1.807, 2.05) is 19.1 Å². The van der Waals surface area contributed by atoms with Crippen LogP contribution < -0.4 is 10.2 Å². The lowest BCUT2D eigenvalue weighted by molar-refractivity contribution is 0.0339. The average Bonchev–Trinajstić information content (AvgIpc) is 2.73. The zero-order chi connectivity index (χ0) is 19.1. The number of carbonyl (C=O) groups excluding carboxylic acids is 1. The van der Waals surface area contributed by atoms with Crippen LogP contribution in [-0.2, 0) is 11.3 Å². The molecule has 0 radical (unpaired) electrons. The van der Waals surface area contributed by atoms with Gasteiger partial charge in [-0.15, -0.1) is 0 Å². The first kappa shape index (κ1) is 19.0. The van der Waals surface area contributed by atoms with Crippen LogP contribution in [0.4, 0.5) is 0 Å². The number of ether oxygens (including phenoxy) is 2. The fourth-order valence-electron chi connectivity index (χ4n) is 2.88. The zero-order valence-corrected chi connectivity index (χ0v) is 15.6. The highest BCUT2D eigenvalue weighted by molar-refractivity contribution is 6.00. The number of hydrogen-bond acceptors (Lipinski definition) is 6. The van der Waals surface area contributed by atoms with E-state index in [0.29, 0.717) is 11.4 Å². The van der Waals surface area contributed by atoms with E-state index in [0.717, 1.165) is 49.7 Å². The van der Waals surface area contributed by atoms with Crippen molar-refractivity contribution in [3.63, 3.8) is 0 Å². The largest absolute Gasteiger partial charge is 0.496 e. The molecule has 7 nitrogen and oxygen atoms in total. The molecule has 2 aromatic rings. The zero-order valence-electron chi connectivity index (χ0n) is 15.6. The summed E-state index contributed by atoms with van der Waals surface area (Å²) in [6, 6.07) is 11.1. The fraction of sp³-hybridized carbons (Fsp3) is 0.350. The molecular formula is C20H24N4O3. The van der Waals surface area contributed by atoms with Crippen molar-refractivity contribution in [3.05, 3.63) is 59.4 Å². The van der Waals surface area contributed by atoms with Gasteiger partial charge in [0.2, 0.25) is 0 Å². The SMILES string of the molecule is COc1ccc(/C(C)=N\NC(=O)c2ccccn2)cc1CN1CCOCC1. The number of methoxy groups -OCH3 is 1. The summed E-state index contributed by atoms with van der Waals surface area (Å²) in [6.45, 7) is 5.96. The number of nitrogens with one attached hydrogen (secondary N) is 1. The second-order valence-corrected chi connectivity index (χ2v) is 6.27. The molecule has 1 saturated heterocycles. The number of amides is 1. The summed E-state index contributed by atoms with van der Waals surface area (Å²) in [7, 11) is 1.67. The Morgan fingerprint density at radius 1 is 1.30 bits per heavy atom. The highest BCUT2D eigenvalue weighted by Crippen LogP contribution is 2.22. The number of aromatic nitrogens is 1. The van der Waals surface area contributed by atoms with Gasteiger partial charge in [-0.25, -0.2) is 5.43 Å². The summed E-state index contributed by atoms with van der Waals surface area (Å²) in [6.07, 6.45) is 1.58. The molecule has 1 aliphatic rings. The van der Waals surface area contributed by atoms with Crippen molar-refractivity contribution < 1.29 is 14.3 Å². The van der Waals surface area contributed by atoms with Gasteiger partial charge in [0.05, 0.1) is 26.0 Å². The third-order valence-corrected chi connectivity index (χ3v) is 4.42. The lowest BCUT2D eigenvalue weighted by Gasteiger charge is -2.27. The monoisotopic (exact) mass is 368 g/mol. The molecule has 1 N–H and O–H groups in total. The van der Waals surface area contributed by atoms with Crippen LogP contribution in [0.1, 0.15) is 28.5 Å². The number of carbonyl (C=O) groups is 1. The number of nitrogens with zero attached hydrogens (tertiary/aromatic N) is 3. The average molecular weight is 368 g/mol. The number of pyridine rings is 1. The van der Waals surface area contributed by atoms with Gasteiger partial charge >= 0.3 is 0 Å². The van der Waals surface area contributed by atoms with Gasteiger partial charge in [-0.2, -0.15) is 5.10 Å². The second kappa shape index (κ2) is 9.25. The lowest BCUT2D eigenvalue weighted by atomic mass is 10.1. The van der Waals surface area contributed by atoms with Crippen LogP contribution in [0.5, 0.6) is 5.75 Å². The molecule has 1 amide bonds. The first-order valence-corrected chi connectivity index (χ1v) is 8.90. The van der Waals surface area contributed by atoms with E-state index in [4.69, 9.17) is 9.47 Å². The Balaban J connectivity index is 1.72. The van der Waals surface area contributed by atoms with Gasteiger partial charge in [0.15, 0.2) is 0 Å². The van der Waals surface area contributed by atoms with E-state index in [9.17, 15) is 4.79 Å².